The Labute approximate surface area is 82.9 Å². The van der Waals surface area contributed by atoms with Crippen molar-refractivity contribution in [1.29, 1.82) is 0 Å². The van der Waals surface area contributed by atoms with Gasteiger partial charge < -0.3 is 9.72 Å². The van der Waals surface area contributed by atoms with Crippen LogP contribution in [0.25, 0.3) is 10.9 Å². The molecule has 1 atom stereocenters. The van der Waals surface area contributed by atoms with Crippen LogP contribution in [-0.2, 0) is 4.74 Å². The molecule has 0 bridgehead atoms. The third kappa shape index (κ3) is 1.23. The van der Waals surface area contributed by atoms with E-state index in [0.717, 1.165) is 19.6 Å². The van der Waals surface area contributed by atoms with Gasteiger partial charge >= 0.3 is 0 Å². The zero-order chi connectivity index (χ0) is 9.38. The number of fused-ring (bicyclic) bond motifs is 1. The number of aromatic amines is 1. The molecule has 72 valence electrons. The van der Waals surface area contributed by atoms with E-state index in [2.05, 4.69) is 35.3 Å². The van der Waals surface area contributed by atoms with E-state index in [1.54, 1.807) is 0 Å². The minimum Gasteiger partial charge on any atom is -0.381 e. The predicted octanol–water partition coefficient (Wildman–Crippen LogP) is 2.67. The largest absolute Gasteiger partial charge is 0.381 e. The molecule has 1 saturated heterocycles. The summed E-state index contributed by atoms with van der Waals surface area (Å²) in [7, 11) is 0. The van der Waals surface area contributed by atoms with Crippen LogP contribution in [0, 0.1) is 0 Å². The molecule has 14 heavy (non-hydrogen) atoms. The lowest BCUT2D eigenvalue weighted by molar-refractivity contribution is 0.193. The highest BCUT2D eigenvalue weighted by Gasteiger charge is 2.19. The Morgan fingerprint density at radius 3 is 3.00 bits per heavy atom. The van der Waals surface area contributed by atoms with Gasteiger partial charge in [0.2, 0.25) is 0 Å². The lowest BCUT2D eigenvalue weighted by Gasteiger charge is -2.02. The van der Waals surface area contributed by atoms with Gasteiger partial charge in [-0.05, 0) is 23.9 Å². The smallest absolute Gasteiger partial charge is 0.0549 e. The third-order valence-corrected chi connectivity index (χ3v) is 2.92. The molecule has 2 heteroatoms. The summed E-state index contributed by atoms with van der Waals surface area (Å²) in [5.74, 6) is 0.572. The quantitative estimate of drug-likeness (QED) is 0.729. The van der Waals surface area contributed by atoms with Crippen LogP contribution < -0.4 is 0 Å². The van der Waals surface area contributed by atoms with Crippen LogP contribution in [0.4, 0.5) is 0 Å². The summed E-state index contributed by atoms with van der Waals surface area (Å²) in [6.45, 7) is 1.77. The van der Waals surface area contributed by atoms with Crippen LogP contribution in [0.2, 0.25) is 0 Å². The van der Waals surface area contributed by atoms with Gasteiger partial charge in [-0.15, -0.1) is 0 Å². The van der Waals surface area contributed by atoms with Gasteiger partial charge in [0, 0.05) is 23.7 Å². The molecule has 2 aromatic rings. The van der Waals surface area contributed by atoms with Crippen LogP contribution >= 0.6 is 0 Å². The summed E-state index contributed by atoms with van der Waals surface area (Å²) in [5, 5.41) is 1.30. The van der Waals surface area contributed by atoms with Crippen molar-refractivity contribution in [2.24, 2.45) is 0 Å². The van der Waals surface area contributed by atoms with Gasteiger partial charge in [0.25, 0.3) is 0 Å². The molecule has 0 radical (unpaired) electrons. The van der Waals surface area contributed by atoms with Crippen molar-refractivity contribution >= 4 is 10.9 Å². The van der Waals surface area contributed by atoms with Crippen molar-refractivity contribution in [3.63, 3.8) is 0 Å². The highest BCUT2D eigenvalue weighted by molar-refractivity contribution is 5.80. The maximum Gasteiger partial charge on any atom is 0.0549 e. The zero-order valence-electron chi connectivity index (χ0n) is 7.99. The average Bonchev–Trinajstić information content (AvgIpc) is 2.86. The molecule has 1 aromatic carbocycles. The second-order valence-electron chi connectivity index (χ2n) is 3.87. The summed E-state index contributed by atoms with van der Waals surface area (Å²) in [6.07, 6.45) is 1.15. The number of nitrogens with one attached hydrogen (secondary N) is 1. The molecule has 0 aliphatic carbocycles. The number of para-hydroxylation sites is 1. The summed E-state index contributed by atoms with van der Waals surface area (Å²) in [5.41, 5.74) is 2.55. The highest BCUT2D eigenvalue weighted by atomic mass is 16.5. The lowest BCUT2D eigenvalue weighted by Crippen LogP contribution is -1.96. The Morgan fingerprint density at radius 2 is 2.21 bits per heavy atom. The third-order valence-electron chi connectivity index (χ3n) is 2.92. The number of hydrogen-bond acceptors (Lipinski definition) is 1. The second kappa shape index (κ2) is 3.14. The summed E-state index contributed by atoms with van der Waals surface area (Å²) < 4.78 is 5.39. The van der Waals surface area contributed by atoms with Crippen LogP contribution in [0.3, 0.4) is 0 Å². The van der Waals surface area contributed by atoms with E-state index in [-0.39, 0.29) is 0 Å². The molecule has 1 fully saturated rings. The maximum atomic E-state index is 5.39. The summed E-state index contributed by atoms with van der Waals surface area (Å²) in [6, 6.07) is 10.6. The fraction of sp³-hybridized carbons (Fsp3) is 0.333. The van der Waals surface area contributed by atoms with E-state index in [9.17, 15) is 0 Å². The molecule has 3 rings (SSSR count). The van der Waals surface area contributed by atoms with Gasteiger partial charge in [0.05, 0.1) is 6.61 Å². The van der Waals surface area contributed by atoms with E-state index >= 15 is 0 Å². The van der Waals surface area contributed by atoms with Gasteiger partial charge in [-0.1, -0.05) is 18.2 Å². The molecule has 0 saturated carbocycles. The van der Waals surface area contributed by atoms with E-state index in [1.807, 2.05) is 0 Å². The fourth-order valence-electron chi connectivity index (χ4n) is 2.10. The molecule has 1 aliphatic rings. The van der Waals surface area contributed by atoms with Gasteiger partial charge in [-0.2, -0.15) is 0 Å². The van der Waals surface area contributed by atoms with Crippen LogP contribution in [-0.4, -0.2) is 18.2 Å². The van der Waals surface area contributed by atoms with Crippen LogP contribution in [0.1, 0.15) is 18.0 Å². The van der Waals surface area contributed by atoms with Crippen molar-refractivity contribution < 1.29 is 4.74 Å². The number of H-pyrrole nitrogens is 1. The molecule has 0 spiro atoms. The van der Waals surface area contributed by atoms with Crippen LogP contribution in [0.15, 0.2) is 30.3 Å². The predicted molar refractivity (Wildman–Crippen MR) is 56.5 cm³/mol. The first-order valence-electron chi connectivity index (χ1n) is 5.09. The Morgan fingerprint density at radius 1 is 1.29 bits per heavy atom. The summed E-state index contributed by atoms with van der Waals surface area (Å²) in [4.78, 5) is 3.46. The van der Waals surface area contributed by atoms with E-state index < -0.39 is 0 Å². The molecule has 2 nitrogen and oxygen atoms in total. The minimum absolute atomic E-state index is 0.572. The molecule has 1 unspecified atom stereocenters. The van der Waals surface area contributed by atoms with Crippen molar-refractivity contribution in [2.45, 2.75) is 12.3 Å². The number of rotatable bonds is 1. The molecule has 1 aliphatic heterocycles. The van der Waals surface area contributed by atoms with Crippen LogP contribution in [0.5, 0.6) is 0 Å². The standard InChI is InChI=1S/C12H13NO/c1-2-4-11-9(3-1)7-12(13-11)10-5-6-14-8-10/h1-4,7,10,13H,5-6,8H2. The lowest BCUT2D eigenvalue weighted by atomic mass is 10.1. The molecule has 1 aromatic heterocycles. The summed E-state index contributed by atoms with van der Waals surface area (Å²) >= 11 is 0. The van der Waals surface area contributed by atoms with Crippen molar-refractivity contribution in [3.8, 4) is 0 Å². The van der Waals surface area contributed by atoms with Gasteiger partial charge in [0.15, 0.2) is 0 Å². The molecule has 2 heterocycles. The molecular formula is C12H13NO. The van der Waals surface area contributed by atoms with Gasteiger partial charge in [-0.25, -0.2) is 0 Å². The number of benzene rings is 1. The van der Waals surface area contributed by atoms with E-state index in [1.165, 1.54) is 16.6 Å². The number of aromatic nitrogens is 1. The first-order chi connectivity index (χ1) is 6.93. The number of hydrogen-bond donors (Lipinski definition) is 1. The first-order valence-corrected chi connectivity index (χ1v) is 5.09. The van der Waals surface area contributed by atoms with Crippen molar-refractivity contribution in [1.82, 2.24) is 4.98 Å². The van der Waals surface area contributed by atoms with E-state index in [4.69, 9.17) is 4.74 Å². The minimum atomic E-state index is 0.572. The Hall–Kier alpha value is -1.28. The van der Waals surface area contributed by atoms with Gasteiger partial charge in [0.1, 0.15) is 0 Å². The monoisotopic (exact) mass is 187 g/mol. The maximum absolute atomic E-state index is 5.39. The first kappa shape index (κ1) is 8.06. The molecule has 0 amide bonds. The number of ether oxygens (including phenoxy) is 1. The molecular weight excluding hydrogens is 174 g/mol. The molecule has 1 N–H and O–H groups in total. The topological polar surface area (TPSA) is 25.0 Å². The highest BCUT2D eigenvalue weighted by Crippen LogP contribution is 2.27. The van der Waals surface area contributed by atoms with E-state index in [0.29, 0.717) is 5.92 Å². The fourth-order valence-corrected chi connectivity index (χ4v) is 2.10. The van der Waals surface area contributed by atoms with Crippen molar-refractivity contribution in [2.75, 3.05) is 13.2 Å². The second-order valence-corrected chi connectivity index (χ2v) is 3.87. The SMILES string of the molecule is c1ccc2[nH]c(C3CCOC3)cc2c1. The van der Waals surface area contributed by atoms with Crippen molar-refractivity contribution in [3.05, 3.63) is 36.0 Å². The normalized spacial score (nSPS) is 21.9. The Balaban J connectivity index is 2.05. The average molecular weight is 187 g/mol. The Bertz CT molecular complexity index is 407. The van der Waals surface area contributed by atoms with Gasteiger partial charge in [-0.3, -0.25) is 0 Å². The Kier molecular flexibility index (Phi) is 1.81. The zero-order valence-corrected chi connectivity index (χ0v) is 7.99.